The maximum absolute atomic E-state index is 12.8. The Hall–Kier alpha value is -0.610. The average Bonchev–Trinajstić information content (AvgIpc) is 3.41. The van der Waals surface area contributed by atoms with E-state index in [0.717, 1.165) is 30.6 Å². The lowest BCUT2D eigenvalue weighted by atomic mass is 9.43. The molecule has 0 aromatic heterocycles. The normalized spacial score (nSPS) is 53.6. The Balaban J connectivity index is 1.35. The van der Waals surface area contributed by atoms with Gasteiger partial charge in [-0.2, -0.15) is 0 Å². The molecule has 0 spiro atoms. The third-order valence-electron chi connectivity index (χ3n) is 11.4. The molecule has 6 fully saturated rings. The van der Waals surface area contributed by atoms with Crippen LogP contribution in [0.1, 0.15) is 90.9 Å². The van der Waals surface area contributed by atoms with Gasteiger partial charge >= 0.3 is 5.97 Å². The van der Waals surface area contributed by atoms with Crippen molar-refractivity contribution in [3.05, 3.63) is 0 Å². The summed E-state index contributed by atoms with van der Waals surface area (Å²) in [4.78, 5) is 12.8. The Morgan fingerprint density at radius 2 is 1.74 bits per heavy atom. The summed E-state index contributed by atoms with van der Waals surface area (Å²) in [6.07, 6.45) is 16.6. The fourth-order valence-corrected chi connectivity index (χ4v) is 9.97. The van der Waals surface area contributed by atoms with Crippen LogP contribution in [0.25, 0.3) is 0 Å². The van der Waals surface area contributed by atoms with Crippen LogP contribution >= 0.6 is 0 Å². The lowest BCUT2D eigenvalue weighted by molar-refractivity contribution is -0.158. The summed E-state index contributed by atoms with van der Waals surface area (Å²) in [5, 5.41) is 4.27. The zero-order valence-corrected chi connectivity index (χ0v) is 19.9. The lowest BCUT2D eigenvalue weighted by Crippen LogP contribution is -2.63. The molecule has 5 aliphatic carbocycles. The van der Waals surface area contributed by atoms with Crippen LogP contribution in [-0.4, -0.2) is 37.4 Å². The third kappa shape index (κ3) is 3.17. The van der Waals surface area contributed by atoms with Crippen LogP contribution in [0.2, 0.25) is 0 Å². The van der Waals surface area contributed by atoms with Gasteiger partial charge in [0, 0.05) is 12.1 Å². The molecule has 0 radical (unpaired) electrons. The first-order valence-corrected chi connectivity index (χ1v) is 13.4. The van der Waals surface area contributed by atoms with Crippen molar-refractivity contribution in [1.29, 1.82) is 0 Å². The maximum atomic E-state index is 12.8. The molecule has 10 atom stereocenters. The van der Waals surface area contributed by atoms with Gasteiger partial charge in [-0.3, -0.25) is 4.79 Å². The minimum atomic E-state index is 0.0478. The molecule has 4 nitrogen and oxygen atoms in total. The molecule has 6 rings (SSSR count). The van der Waals surface area contributed by atoms with Crippen molar-refractivity contribution in [2.24, 2.45) is 40.4 Å². The summed E-state index contributed by atoms with van der Waals surface area (Å²) in [5.74, 6) is 3.15. The summed E-state index contributed by atoms with van der Waals surface area (Å²) in [5.41, 5.74) is 0.495. The molecule has 4 heteroatoms. The van der Waals surface area contributed by atoms with E-state index in [4.69, 9.17) is 9.47 Å². The molecule has 31 heavy (non-hydrogen) atoms. The van der Waals surface area contributed by atoms with Gasteiger partial charge in [0.2, 0.25) is 0 Å². The van der Waals surface area contributed by atoms with E-state index in [1.165, 1.54) is 64.2 Å². The van der Waals surface area contributed by atoms with Gasteiger partial charge in [0.25, 0.3) is 0 Å². The topological polar surface area (TPSA) is 50.9 Å². The van der Waals surface area contributed by atoms with Crippen LogP contribution in [0.3, 0.4) is 0 Å². The number of carbonyl (C=O) groups excluding carboxylic acids is 1. The summed E-state index contributed by atoms with van der Waals surface area (Å²) < 4.78 is 11.4. The quantitative estimate of drug-likeness (QED) is 0.501. The molecule has 5 unspecified atom stereocenters. The van der Waals surface area contributed by atoms with Gasteiger partial charge in [-0.05, 0) is 92.3 Å². The smallest absolute Gasteiger partial charge is 0.309 e. The highest BCUT2D eigenvalue weighted by atomic mass is 16.6. The Labute approximate surface area is 188 Å². The molecule has 174 valence electrons. The van der Waals surface area contributed by atoms with Crippen LogP contribution in [0, 0.1) is 40.4 Å². The maximum Gasteiger partial charge on any atom is 0.309 e. The summed E-state index contributed by atoms with van der Waals surface area (Å²) in [6, 6.07) is 1.22. The number of hydrogen-bond donors (Lipinski definition) is 1. The number of ether oxygens (including phenoxy) is 2. The van der Waals surface area contributed by atoms with Gasteiger partial charge in [-0.25, -0.2) is 0 Å². The van der Waals surface area contributed by atoms with Gasteiger partial charge in [0.05, 0.1) is 25.2 Å². The van der Waals surface area contributed by atoms with Gasteiger partial charge < -0.3 is 14.8 Å². The summed E-state index contributed by atoms with van der Waals surface area (Å²) in [7, 11) is 1.59. The second-order valence-corrected chi connectivity index (χ2v) is 12.7. The first-order valence-electron chi connectivity index (χ1n) is 13.4. The predicted molar refractivity (Wildman–Crippen MR) is 120 cm³/mol. The van der Waals surface area contributed by atoms with Crippen LogP contribution in [0.15, 0.2) is 0 Å². The molecule has 0 aromatic carbocycles. The van der Waals surface area contributed by atoms with E-state index >= 15 is 0 Å². The van der Waals surface area contributed by atoms with Crippen molar-refractivity contribution in [3.63, 3.8) is 0 Å². The lowest BCUT2D eigenvalue weighted by Gasteiger charge is -2.63. The van der Waals surface area contributed by atoms with Crippen LogP contribution < -0.4 is 5.32 Å². The van der Waals surface area contributed by atoms with Gasteiger partial charge in [-0.15, -0.1) is 0 Å². The zero-order chi connectivity index (χ0) is 21.4. The van der Waals surface area contributed by atoms with E-state index in [9.17, 15) is 4.79 Å². The number of hydrogen-bond acceptors (Lipinski definition) is 4. The molecule has 6 aliphatic rings. The number of fused-ring (bicyclic) bond motifs is 6. The zero-order valence-electron chi connectivity index (χ0n) is 19.9. The molecule has 0 amide bonds. The first-order chi connectivity index (χ1) is 14.9. The van der Waals surface area contributed by atoms with E-state index in [0.29, 0.717) is 35.6 Å². The van der Waals surface area contributed by atoms with E-state index in [-0.39, 0.29) is 17.3 Å². The number of epoxide rings is 1. The van der Waals surface area contributed by atoms with Crippen LogP contribution in [0.5, 0.6) is 0 Å². The largest absolute Gasteiger partial charge is 0.469 e. The number of esters is 1. The second-order valence-electron chi connectivity index (χ2n) is 12.7. The fraction of sp³-hybridized carbons (Fsp3) is 0.963. The average molecular weight is 430 g/mol. The highest BCUT2D eigenvalue weighted by Gasteiger charge is 2.66. The Morgan fingerprint density at radius 1 is 0.935 bits per heavy atom. The summed E-state index contributed by atoms with van der Waals surface area (Å²) >= 11 is 0. The molecule has 0 bridgehead atoms. The number of rotatable bonds is 3. The molecular weight excluding hydrogens is 386 g/mol. The number of carbonyl (C=O) groups is 1. The minimum Gasteiger partial charge on any atom is -0.469 e. The van der Waals surface area contributed by atoms with Crippen molar-refractivity contribution in [2.45, 2.75) is 115 Å². The second kappa shape index (κ2) is 7.45. The standard InChI is InChI=1S/C27H43NO3/c1-26-15-23-22(31-23)13-16(26)9-10-18-19-11-12-20(25(29)30-3)27(19,2)14-21(24(18)26)28-17-7-5-4-6-8-17/h16-24,28H,4-15H2,1-3H3/t16?,18-,19-,20?,21?,22?,23?,24-,26-,27-/m0/s1. The molecule has 5 saturated carbocycles. The van der Waals surface area contributed by atoms with Crippen LogP contribution in [-0.2, 0) is 14.3 Å². The minimum absolute atomic E-state index is 0.0478. The highest BCUT2D eigenvalue weighted by Crippen LogP contribution is 2.69. The van der Waals surface area contributed by atoms with E-state index in [1.807, 2.05) is 0 Å². The van der Waals surface area contributed by atoms with Crippen molar-refractivity contribution in [1.82, 2.24) is 5.32 Å². The molecule has 1 heterocycles. The first kappa shape index (κ1) is 21.0. The Bertz CT molecular complexity index is 719. The van der Waals surface area contributed by atoms with Gasteiger partial charge in [0.15, 0.2) is 0 Å². The third-order valence-corrected chi connectivity index (χ3v) is 11.4. The van der Waals surface area contributed by atoms with E-state index in [2.05, 4.69) is 19.2 Å². The van der Waals surface area contributed by atoms with E-state index in [1.54, 1.807) is 7.11 Å². The molecule has 1 N–H and O–H groups in total. The summed E-state index contributed by atoms with van der Waals surface area (Å²) in [6.45, 7) is 5.09. The monoisotopic (exact) mass is 429 g/mol. The molecule has 0 aromatic rings. The van der Waals surface area contributed by atoms with Gasteiger partial charge in [0.1, 0.15) is 0 Å². The number of methoxy groups -OCH3 is 1. The predicted octanol–water partition coefficient (Wildman–Crippen LogP) is 5.10. The Kier molecular flexibility index (Phi) is 5.04. The molecular formula is C27H43NO3. The Morgan fingerprint density at radius 3 is 2.52 bits per heavy atom. The fourth-order valence-electron chi connectivity index (χ4n) is 9.97. The van der Waals surface area contributed by atoms with Gasteiger partial charge in [-0.1, -0.05) is 33.1 Å². The van der Waals surface area contributed by atoms with Crippen molar-refractivity contribution in [2.75, 3.05) is 7.11 Å². The van der Waals surface area contributed by atoms with Crippen molar-refractivity contribution in [3.8, 4) is 0 Å². The van der Waals surface area contributed by atoms with Crippen LogP contribution in [0.4, 0.5) is 0 Å². The van der Waals surface area contributed by atoms with Crippen molar-refractivity contribution >= 4 is 5.97 Å². The number of nitrogens with one attached hydrogen (secondary N) is 1. The highest BCUT2D eigenvalue weighted by molar-refractivity contribution is 5.74. The molecule has 1 aliphatic heterocycles. The van der Waals surface area contributed by atoms with Crippen molar-refractivity contribution < 1.29 is 14.3 Å². The van der Waals surface area contributed by atoms with E-state index < -0.39 is 0 Å². The SMILES string of the molecule is COC(=O)C1CC[C@H]2[C@@H]3CCC4CC5OC5C[C@]4(C)[C@@H]3C(NC3CCCCC3)C[C@]12C. The molecule has 1 saturated heterocycles.